The van der Waals surface area contributed by atoms with Crippen molar-refractivity contribution in [2.75, 3.05) is 18.0 Å². The summed E-state index contributed by atoms with van der Waals surface area (Å²) in [6, 6.07) is 26.7. The number of nitrogens with zero attached hydrogens (tertiary/aromatic N) is 3. The number of amidine groups is 1. The van der Waals surface area contributed by atoms with Crippen LogP contribution in [0.3, 0.4) is 0 Å². The predicted molar refractivity (Wildman–Crippen MR) is 129 cm³/mol. The number of hydrogen-bond acceptors (Lipinski definition) is 4. The van der Waals surface area contributed by atoms with Crippen molar-refractivity contribution in [1.29, 1.82) is 0 Å². The molecule has 2 aliphatic heterocycles. The summed E-state index contributed by atoms with van der Waals surface area (Å²) in [5, 5.41) is 0. The number of carbonyl (C=O) groups excluding carboxylic acids is 1. The van der Waals surface area contributed by atoms with Crippen molar-refractivity contribution < 1.29 is 13.2 Å². The van der Waals surface area contributed by atoms with Gasteiger partial charge in [0.05, 0.1) is 6.54 Å². The maximum Gasteiger partial charge on any atom is 0.285 e. The molecule has 0 bridgehead atoms. The first-order valence-corrected chi connectivity index (χ1v) is 12.6. The van der Waals surface area contributed by atoms with E-state index in [0.29, 0.717) is 43.9 Å². The zero-order valence-corrected chi connectivity index (χ0v) is 19.0. The van der Waals surface area contributed by atoms with Gasteiger partial charge in [0, 0.05) is 30.3 Å². The molecule has 0 aromatic heterocycles. The Hall–Kier alpha value is -3.45. The van der Waals surface area contributed by atoms with Crippen LogP contribution in [-0.2, 0) is 21.4 Å². The number of sulfonamides is 1. The summed E-state index contributed by atoms with van der Waals surface area (Å²) in [4.78, 5) is 17.7. The number of hydrogen-bond donors (Lipinski definition) is 0. The third-order valence-electron chi connectivity index (χ3n) is 6.27. The van der Waals surface area contributed by atoms with Gasteiger partial charge in [0.2, 0.25) is 5.91 Å². The number of para-hydroxylation sites is 1. The Balaban J connectivity index is 1.33. The van der Waals surface area contributed by atoms with Gasteiger partial charge in [0.15, 0.2) is 5.84 Å². The van der Waals surface area contributed by atoms with E-state index in [1.54, 1.807) is 18.2 Å². The first-order valence-electron chi connectivity index (χ1n) is 11.1. The number of carbonyl (C=O) groups is 1. The summed E-state index contributed by atoms with van der Waals surface area (Å²) >= 11 is 0. The molecule has 1 saturated heterocycles. The van der Waals surface area contributed by atoms with Crippen molar-refractivity contribution in [3.8, 4) is 0 Å². The van der Waals surface area contributed by atoms with Crippen LogP contribution in [0, 0.1) is 5.92 Å². The molecule has 0 atom stereocenters. The number of fused-ring (bicyclic) bond motifs is 1. The molecule has 7 heteroatoms. The fraction of sp³-hybridized carbons (Fsp3) is 0.231. The second kappa shape index (κ2) is 8.83. The topological polar surface area (TPSA) is 70.0 Å². The van der Waals surface area contributed by atoms with Crippen LogP contribution in [0.5, 0.6) is 0 Å². The predicted octanol–water partition coefficient (Wildman–Crippen LogP) is 4.08. The molecule has 6 nitrogen and oxygen atoms in total. The van der Waals surface area contributed by atoms with Gasteiger partial charge in [-0.25, -0.2) is 0 Å². The van der Waals surface area contributed by atoms with Crippen molar-refractivity contribution in [3.05, 3.63) is 96.1 Å². The highest BCUT2D eigenvalue weighted by Crippen LogP contribution is 2.31. The van der Waals surface area contributed by atoms with Gasteiger partial charge in [-0.05, 0) is 42.7 Å². The highest BCUT2D eigenvalue weighted by Gasteiger charge is 2.35. The average Bonchev–Trinajstić information content (AvgIpc) is 3.14. The molecule has 5 rings (SSSR count). The zero-order valence-electron chi connectivity index (χ0n) is 18.2. The Morgan fingerprint density at radius 3 is 2.18 bits per heavy atom. The number of anilines is 1. The van der Waals surface area contributed by atoms with E-state index in [0.717, 1.165) is 11.3 Å². The lowest BCUT2D eigenvalue weighted by Crippen LogP contribution is -2.44. The van der Waals surface area contributed by atoms with Gasteiger partial charge in [0.25, 0.3) is 10.0 Å². The quantitative estimate of drug-likeness (QED) is 0.590. The molecule has 33 heavy (non-hydrogen) atoms. The van der Waals surface area contributed by atoms with E-state index in [1.165, 1.54) is 0 Å². The van der Waals surface area contributed by atoms with Crippen LogP contribution in [0.4, 0.5) is 5.69 Å². The second-order valence-electron chi connectivity index (χ2n) is 8.39. The van der Waals surface area contributed by atoms with E-state index in [1.807, 2.05) is 76.5 Å². The van der Waals surface area contributed by atoms with Crippen LogP contribution in [0.25, 0.3) is 0 Å². The van der Waals surface area contributed by atoms with E-state index >= 15 is 0 Å². The van der Waals surface area contributed by atoms with Gasteiger partial charge < -0.3 is 9.80 Å². The lowest BCUT2D eigenvalue weighted by molar-refractivity contribution is -0.123. The van der Waals surface area contributed by atoms with Gasteiger partial charge in [-0.3, -0.25) is 4.79 Å². The molecule has 168 valence electrons. The average molecular weight is 460 g/mol. The largest absolute Gasteiger partial charge is 0.355 e. The minimum absolute atomic E-state index is 0.103. The van der Waals surface area contributed by atoms with Gasteiger partial charge in [-0.1, -0.05) is 60.7 Å². The standard InChI is InChI=1S/C26H25N3O3S/c30-26(29(22-11-5-2-6-12-22)19-20-9-3-1-4-10-20)21-15-17-28(18-16-21)25-23-13-7-8-14-24(23)33(31,32)27-25/h1-14,21H,15-19H2. The van der Waals surface area contributed by atoms with Gasteiger partial charge >= 0.3 is 0 Å². The van der Waals surface area contributed by atoms with Crippen LogP contribution < -0.4 is 4.90 Å². The minimum atomic E-state index is -3.65. The van der Waals surface area contributed by atoms with Crippen molar-refractivity contribution in [2.24, 2.45) is 10.3 Å². The Labute approximate surface area is 194 Å². The Kier molecular flexibility index (Phi) is 5.72. The first kappa shape index (κ1) is 21.4. The van der Waals surface area contributed by atoms with Crippen molar-refractivity contribution in [3.63, 3.8) is 0 Å². The molecule has 1 amide bonds. The fourth-order valence-corrected chi connectivity index (χ4v) is 5.77. The molecular weight excluding hydrogens is 434 g/mol. The molecule has 0 aliphatic carbocycles. The van der Waals surface area contributed by atoms with E-state index in [9.17, 15) is 13.2 Å². The third kappa shape index (κ3) is 4.28. The Bertz CT molecular complexity index is 1280. The number of likely N-dealkylation sites (tertiary alicyclic amines) is 1. The molecule has 0 radical (unpaired) electrons. The molecule has 0 N–H and O–H groups in total. The molecule has 0 spiro atoms. The first-order chi connectivity index (χ1) is 16.0. The molecule has 0 saturated carbocycles. The fourth-order valence-electron chi connectivity index (χ4n) is 4.55. The minimum Gasteiger partial charge on any atom is -0.355 e. The highest BCUT2D eigenvalue weighted by atomic mass is 32.2. The summed E-state index contributed by atoms with van der Waals surface area (Å²) in [7, 11) is -3.65. The van der Waals surface area contributed by atoms with Gasteiger partial charge in [-0.2, -0.15) is 8.42 Å². The summed E-state index contributed by atoms with van der Waals surface area (Å²) in [5.74, 6) is 0.478. The number of piperidine rings is 1. The summed E-state index contributed by atoms with van der Waals surface area (Å²) in [6.45, 7) is 1.70. The molecule has 3 aromatic carbocycles. The third-order valence-corrected chi connectivity index (χ3v) is 7.60. The smallest absolute Gasteiger partial charge is 0.285 e. The second-order valence-corrected chi connectivity index (χ2v) is 9.97. The molecule has 0 unspecified atom stereocenters. The molecular formula is C26H25N3O3S. The maximum atomic E-state index is 13.6. The van der Waals surface area contributed by atoms with Crippen LogP contribution in [0.1, 0.15) is 24.0 Å². The SMILES string of the molecule is O=C(C1CCN(C2=NS(=O)(=O)c3ccccc32)CC1)N(Cc1ccccc1)c1ccccc1. The van der Waals surface area contributed by atoms with E-state index in [-0.39, 0.29) is 16.7 Å². The van der Waals surface area contributed by atoms with E-state index in [4.69, 9.17) is 0 Å². The molecule has 2 aliphatic rings. The molecule has 1 fully saturated rings. The summed E-state index contributed by atoms with van der Waals surface area (Å²) in [5.41, 5.74) is 2.61. The van der Waals surface area contributed by atoms with Crippen molar-refractivity contribution >= 4 is 27.5 Å². The maximum absolute atomic E-state index is 13.6. The van der Waals surface area contributed by atoms with E-state index in [2.05, 4.69) is 4.40 Å². The lowest BCUT2D eigenvalue weighted by Gasteiger charge is -2.35. The number of benzene rings is 3. The highest BCUT2D eigenvalue weighted by molar-refractivity contribution is 7.90. The number of amides is 1. The lowest BCUT2D eigenvalue weighted by atomic mass is 9.94. The van der Waals surface area contributed by atoms with Crippen molar-refractivity contribution in [2.45, 2.75) is 24.3 Å². The Morgan fingerprint density at radius 1 is 0.879 bits per heavy atom. The molecule has 3 aromatic rings. The van der Waals surface area contributed by atoms with Crippen LogP contribution in [-0.4, -0.2) is 38.2 Å². The number of rotatable bonds is 4. The summed E-state index contributed by atoms with van der Waals surface area (Å²) in [6.07, 6.45) is 1.30. The van der Waals surface area contributed by atoms with E-state index < -0.39 is 10.0 Å². The van der Waals surface area contributed by atoms with Crippen LogP contribution in [0.15, 0.2) is 94.2 Å². The van der Waals surface area contributed by atoms with Gasteiger partial charge in [-0.15, -0.1) is 4.40 Å². The Morgan fingerprint density at radius 2 is 1.48 bits per heavy atom. The van der Waals surface area contributed by atoms with Crippen LogP contribution >= 0.6 is 0 Å². The zero-order chi connectivity index (χ0) is 22.8. The molecule has 2 heterocycles. The summed E-state index contributed by atoms with van der Waals surface area (Å²) < 4.78 is 28.9. The van der Waals surface area contributed by atoms with Crippen LogP contribution in [0.2, 0.25) is 0 Å². The van der Waals surface area contributed by atoms with Gasteiger partial charge in [0.1, 0.15) is 4.90 Å². The van der Waals surface area contributed by atoms with Crippen molar-refractivity contribution in [1.82, 2.24) is 4.90 Å². The monoisotopic (exact) mass is 459 g/mol. The normalized spacial score (nSPS) is 17.3.